The number of rotatable bonds is 3. The van der Waals surface area contributed by atoms with Crippen molar-refractivity contribution in [2.45, 2.75) is 38.7 Å². The number of carboxylic acid groups (broad SMARTS) is 2. The number of likely N-dealkylation sites (N-methyl/N-ethyl adjacent to an activating group) is 1. The van der Waals surface area contributed by atoms with E-state index in [1.54, 1.807) is 0 Å². The number of nitrogens with zero attached hydrogens (tertiary/aromatic N) is 3. The van der Waals surface area contributed by atoms with Gasteiger partial charge in [-0.05, 0) is 19.4 Å². The molecule has 0 bridgehead atoms. The molecule has 0 radical (unpaired) electrons. The lowest BCUT2D eigenvalue weighted by Gasteiger charge is -2.22. The number of nitrogens with two attached hydrogens (primary N) is 1. The number of aromatic nitrogens is 2. The van der Waals surface area contributed by atoms with Crippen LogP contribution in [0.3, 0.4) is 0 Å². The second-order valence-electron chi connectivity index (χ2n) is 8.11. The van der Waals surface area contributed by atoms with E-state index in [1.807, 2.05) is 7.05 Å². The van der Waals surface area contributed by atoms with E-state index in [1.165, 1.54) is 0 Å². The van der Waals surface area contributed by atoms with Crippen molar-refractivity contribution >= 4 is 29.5 Å². The first-order chi connectivity index (χ1) is 16.5. The second kappa shape index (κ2) is 12.6. The Morgan fingerprint density at radius 1 is 1.14 bits per heavy atom. The lowest BCUT2D eigenvalue weighted by atomic mass is 9.97. The van der Waals surface area contributed by atoms with Crippen LogP contribution in [0.4, 0.5) is 43.9 Å². The number of hydrogen-bond acceptors (Lipinski definition) is 9. The number of carbonyl (C=O) groups is 2. The van der Waals surface area contributed by atoms with Crippen LogP contribution in [0, 0.1) is 11.8 Å². The highest BCUT2D eigenvalue weighted by Crippen LogP contribution is 2.37. The molecule has 2 aliphatic heterocycles. The fraction of sp³-hybridized carbons (Fsp3) is 0.684. The standard InChI is InChI=1S/C15H26N6O.2C2HF3O2/c1-9(2)10-6-18-13-12(22-8-10)14(20-15(16)19-13)21-5-4-11(7-21)17-3;2*3-2(4,5)1(6)7/h9-11,17H,4-8H2,1-3H3,(H3,16,18,19,20);2*(H,6,7)/t10?,11-;;/m1../s1. The maximum Gasteiger partial charge on any atom is 0.490 e. The lowest BCUT2D eigenvalue weighted by Crippen LogP contribution is -2.30. The van der Waals surface area contributed by atoms with Gasteiger partial charge in [-0.15, -0.1) is 0 Å². The van der Waals surface area contributed by atoms with E-state index in [4.69, 9.17) is 30.3 Å². The van der Waals surface area contributed by atoms with Crippen LogP contribution < -0.4 is 26.0 Å². The van der Waals surface area contributed by atoms with Gasteiger partial charge in [-0.25, -0.2) is 9.59 Å². The molecule has 0 amide bonds. The van der Waals surface area contributed by atoms with Crippen molar-refractivity contribution in [3.05, 3.63) is 0 Å². The molecule has 36 heavy (non-hydrogen) atoms. The third-order valence-electron chi connectivity index (χ3n) is 5.16. The fourth-order valence-corrected chi connectivity index (χ4v) is 3.02. The van der Waals surface area contributed by atoms with Crippen LogP contribution in [0.25, 0.3) is 0 Å². The molecule has 1 aromatic rings. The highest BCUT2D eigenvalue weighted by molar-refractivity contribution is 5.73. The molecule has 1 saturated heterocycles. The Balaban J connectivity index is 0.000000383. The SMILES string of the molecule is CN[C@@H]1CCN(c2nc(N)nc3c2OCC(C(C)C)CN3)C1.O=C(O)C(F)(F)F.O=C(O)C(F)(F)F. The molecule has 1 aromatic heterocycles. The molecular weight excluding hydrogens is 506 g/mol. The van der Waals surface area contributed by atoms with Gasteiger partial charge < -0.3 is 36.2 Å². The molecule has 0 saturated carbocycles. The number of ether oxygens (including phenoxy) is 1. The molecule has 1 unspecified atom stereocenters. The van der Waals surface area contributed by atoms with Crippen molar-refractivity contribution in [3.8, 4) is 5.75 Å². The summed E-state index contributed by atoms with van der Waals surface area (Å²) < 4.78 is 69.6. The maximum absolute atomic E-state index is 10.6. The molecule has 1 fully saturated rings. The van der Waals surface area contributed by atoms with Gasteiger partial charge in [-0.1, -0.05) is 13.8 Å². The summed E-state index contributed by atoms with van der Waals surface area (Å²) >= 11 is 0. The lowest BCUT2D eigenvalue weighted by molar-refractivity contribution is -0.193. The Labute approximate surface area is 202 Å². The number of anilines is 3. The average molecular weight is 534 g/mol. The predicted molar refractivity (Wildman–Crippen MR) is 116 cm³/mol. The molecule has 0 aromatic carbocycles. The summed E-state index contributed by atoms with van der Waals surface area (Å²) in [5.41, 5.74) is 5.90. The van der Waals surface area contributed by atoms with Crippen LogP contribution in [0.2, 0.25) is 0 Å². The van der Waals surface area contributed by atoms with E-state index < -0.39 is 24.3 Å². The quantitative estimate of drug-likeness (QED) is 0.361. The summed E-state index contributed by atoms with van der Waals surface area (Å²) in [7, 11) is 1.99. The molecule has 206 valence electrons. The van der Waals surface area contributed by atoms with Crippen LogP contribution in [-0.2, 0) is 9.59 Å². The van der Waals surface area contributed by atoms with Gasteiger partial charge in [0.1, 0.15) is 0 Å². The Kier molecular flexibility index (Phi) is 10.8. The minimum atomic E-state index is -5.08. The molecule has 3 heterocycles. The van der Waals surface area contributed by atoms with E-state index in [0.29, 0.717) is 30.4 Å². The topological polar surface area (TPSA) is 163 Å². The zero-order valence-electron chi connectivity index (χ0n) is 19.6. The first kappa shape index (κ1) is 30.8. The van der Waals surface area contributed by atoms with Crippen LogP contribution in [0.1, 0.15) is 20.3 Å². The van der Waals surface area contributed by atoms with E-state index in [2.05, 4.69) is 39.3 Å². The number of nitrogens with one attached hydrogen (secondary N) is 2. The van der Waals surface area contributed by atoms with Crippen molar-refractivity contribution in [2.24, 2.45) is 11.8 Å². The zero-order valence-corrected chi connectivity index (χ0v) is 19.6. The van der Waals surface area contributed by atoms with Crippen molar-refractivity contribution in [3.63, 3.8) is 0 Å². The second-order valence-corrected chi connectivity index (χ2v) is 8.11. The number of fused-ring (bicyclic) bond motifs is 1. The monoisotopic (exact) mass is 534 g/mol. The molecule has 0 aliphatic carbocycles. The highest BCUT2D eigenvalue weighted by atomic mass is 19.4. The molecular formula is C19H28F6N6O5. The van der Waals surface area contributed by atoms with Crippen molar-refractivity contribution < 1.29 is 50.9 Å². The fourth-order valence-electron chi connectivity index (χ4n) is 3.02. The number of aliphatic carboxylic acids is 2. The molecule has 17 heteroatoms. The average Bonchev–Trinajstić information content (AvgIpc) is 3.12. The van der Waals surface area contributed by atoms with Crippen LogP contribution >= 0.6 is 0 Å². The van der Waals surface area contributed by atoms with Gasteiger partial charge in [-0.3, -0.25) is 0 Å². The van der Waals surface area contributed by atoms with Gasteiger partial charge in [0.2, 0.25) is 11.7 Å². The first-order valence-corrected chi connectivity index (χ1v) is 10.5. The summed E-state index contributed by atoms with van der Waals surface area (Å²) in [5.74, 6) is -1.94. The number of nitrogen functional groups attached to an aromatic ring is 1. The minimum Gasteiger partial charge on any atom is -0.486 e. The first-order valence-electron chi connectivity index (χ1n) is 10.5. The molecule has 0 spiro atoms. The summed E-state index contributed by atoms with van der Waals surface area (Å²) in [4.78, 5) is 28.8. The molecule has 6 N–H and O–H groups in total. The van der Waals surface area contributed by atoms with Gasteiger partial charge >= 0.3 is 24.3 Å². The van der Waals surface area contributed by atoms with Gasteiger partial charge in [0.15, 0.2) is 11.6 Å². The number of alkyl halides is 6. The van der Waals surface area contributed by atoms with Crippen molar-refractivity contribution in [1.82, 2.24) is 15.3 Å². The molecule has 3 rings (SSSR count). The van der Waals surface area contributed by atoms with Gasteiger partial charge in [0.25, 0.3) is 0 Å². The highest BCUT2D eigenvalue weighted by Gasteiger charge is 2.39. The van der Waals surface area contributed by atoms with E-state index in [-0.39, 0.29) is 0 Å². The third kappa shape index (κ3) is 9.43. The van der Waals surface area contributed by atoms with Crippen molar-refractivity contribution in [1.29, 1.82) is 0 Å². The zero-order chi connectivity index (χ0) is 27.8. The van der Waals surface area contributed by atoms with E-state index in [0.717, 1.165) is 43.4 Å². The van der Waals surface area contributed by atoms with Crippen molar-refractivity contribution in [2.75, 3.05) is 49.2 Å². The van der Waals surface area contributed by atoms with Gasteiger partial charge in [0.05, 0.1) is 6.61 Å². The number of carboxylic acids is 2. The summed E-state index contributed by atoms with van der Waals surface area (Å²) in [6.07, 6.45) is -9.07. The summed E-state index contributed by atoms with van der Waals surface area (Å²) in [5, 5.41) is 21.0. The van der Waals surface area contributed by atoms with Gasteiger partial charge in [0, 0.05) is 31.6 Å². The van der Waals surface area contributed by atoms with E-state index in [9.17, 15) is 26.3 Å². The number of hydrogen-bond donors (Lipinski definition) is 5. The van der Waals surface area contributed by atoms with Crippen LogP contribution in [0.5, 0.6) is 5.75 Å². The Bertz CT molecular complexity index is 875. The predicted octanol–water partition coefficient (Wildman–Crippen LogP) is 2.20. The van der Waals surface area contributed by atoms with Crippen LogP contribution in [-0.4, -0.2) is 83.8 Å². The summed E-state index contributed by atoms with van der Waals surface area (Å²) in [6.45, 7) is 7.82. The Hall–Kier alpha value is -3.24. The Morgan fingerprint density at radius 3 is 2.08 bits per heavy atom. The normalized spacial score (nSPS) is 19.4. The smallest absolute Gasteiger partial charge is 0.486 e. The van der Waals surface area contributed by atoms with Gasteiger partial charge in [-0.2, -0.15) is 36.3 Å². The maximum atomic E-state index is 10.6. The largest absolute Gasteiger partial charge is 0.490 e. The third-order valence-corrected chi connectivity index (χ3v) is 5.16. The Morgan fingerprint density at radius 2 is 1.67 bits per heavy atom. The summed E-state index contributed by atoms with van der Waals surface area (Å²) in [6, 6.07) is 0.481. The van der Waals surface area contributed by atoms with E-state index >= 15 is 0 Å². The molecule has 11 nitrogen and oxygen atoms in total. The molecule has 2 atom stereocenters. The van der Waals surface area contributed by atoms with Crippen LogP contribution in [0.15, 0.2) is 0 Å². The number of halogens is 6. The molecule has 2 aliphatic rings. The minimum absolute atomic E-state index is 0.292.